The second-order valence-electron chi connectivity index (χ2n) is 4.47. The van der Waals surface area contributed by atoms with Crippen LogP contribution in [0.1, 0.15) is 12.5 Å². The van der Waals surface area contributed by atoms with Crippen LogP contribution in [0.15, 0.2) is 53.4 Å². The zero-order valence-electron chi connectivity index (χ0n) is 12.7. The number of aliphatic carboxylic acids is 1. The third kappa shape index (κ3) is 6.15. The highest BCUT2D eigenvalue weighted by Crippen LogP contribution is 2.22. The molecule has 0 spiro atoms. The van der Waals surface area contributed by atoms with Crippen LogP contribution >= 0.6 is 0 Å². The third-order valence-electron chi connectivity index (χ3n) is 2.61. The van der Waals surface area contributed by atoms with E-state index in [0.29, 0.717) is 5.69 Å². The first-order valence-corrected chi connectivity index (χ1v) is 7.81. The molecule has 2 aromatic rings. The van der Waals surface area contributed by atoms with Gasteiger partial charge < -0.3 is 14.9 Å². The van der Waals surface area contributed by atoms with Gasteiger partial charge >= 0.3 is 0 Å². The Hall–Kier alpha value is -2.78. The second kappa shape index (κ2) is 9.38. The van der Waals surface area contributed by atoms with Crippen LogP contribution in [0, 0.1) is 10.1 Å². The van der Waals surface area contributed by atoms with Crippen molar-refractivity contribution in [3.05, 3.63) is 64.2 Å². The highest BCUT2D eigenvalue weighted by atomic mass is 32.2. The van der Waals surface area contributed by atoms with Crippen molar-refractivity contribution in [1.82, 2.24) is 0 Å². The van der Waals surface area contributed by atoms with E-state index in [1.807, 2.05) is 0 Å². The molecule has 24 heavy (non-hydrogen) atoms. The molecule has 0 heterocycles. The van der Waals surface area contributed by atoms with Gasteiger partial charge in [-0.1, -0.05) is 24.3 Å². The number of benzene rings is 2. The predicted molar refractivity (Wildman–Crippen MR) is 88.8 cm³/mol. The summed E-state index contributed by atoms with van der Waals surface area (Å²) in [7, 11) is -1.73. The zero-order chi connectivity index (χ0) is 18.1. The van der Waals surface area contributed by atoms with E-state index in [0.717, 1.165) is 12.5 Å². The van der Waals surface area contributed by atoms with Crippen molar-refractivity contribution in [3.63, 3.8) is 0 Å². The van der Waals surface area contributed by atoms with Crippen LogP contribution in [0.2, 0.25) is 0 Å². The molecule has 0 fully saturated rings. The highest BCUT2D eigenvalue weighted by molar-refractivity contribution is 7.86. The maximum atomic E-state index is 12.1. The smallest absolute Gasteiger partial charge is 0.300 e. The van der Waals surface area contributed by atoms with Crippen LogP contribution in [0.3, 0.4) is 0 Å². The average molecular weight is 352 g/mol. The van der Waals surface area contributed by atoms with Gasteiger partial charge in [-0.05, 0) is 23.8 Å². The fraction of sp³-hybridized carbons (Fsp3) is 0.133. The van der Waals surface area contributed by atoms with E-state index in [9.17, 15) is 14.3 Å². The summed E-state index contributed by atoms with van der Waals surface area (Å²) in [6.07, 6.45) is 0. The number of para-hydroxylation sites is 1. The summed E-state index contributed by atoms with van der Waals surface area (Å²) >= 11 is 0. The number of carboxylic acids is 1. The van der Waals surface area contributed by atoms with Crippen LogP contribution in [0.25, 0.3) is 0 Å². The molecule has 1 unspecified atom stereocenters. The fourth-order valence-corrected chi connectivity index (χ4v) is 2.60. The molecule has 0 amide bonds. The van der Waals surface area contributed by atoms with Crippen molar-refractivity contribution in [2.24, 2.45) is 0 Å². The molecule has 0 aromatic heterocycles. The summed E-state index contributed by atoms with van der Waals surface area (Å²) < 4.78 is 14.8. The average Bonchev–Trinajstić information content (AvgIpc) is 2.55. The number of hydrogen-bond acceptors (Lipinski definition) is 5. The molecule has 2 rings (SSSR count). The number of carboxylic acid groups (broad SMARTS) is 1. The molecule has 2 aromatic carbocycles. The van der Waals surface area contributed by atoms with Gasteiger partial charge in [-0.3, -0.25) is 14.9 Å². The minimum atomic E-state index is -1.73. The molecule has 8 nitrogen and oxygen atoms in total. The molecule has 0 saturated carbocycles. The van der Waals surface area contributed by atoms with Gasteiger partial charge in [0, 0.05) is 18.7 Å². The standard InChI is InChI=1S/C13H12N2O4S.C2H4O2/c16-9-10-5-7-11(8-6-10)14-20(19)13-4-2-1-3-12(13)15(17)18;1-2(3)4/h1-8,14,16H,9H2;1H3,(H,3,4). The molecule has 3 N–H and O–H groups in total. The lowest BCUT2D eigenvalue weighted by Crippen LogP contribution is -2.07. The Kier molecular flexibility index (Phi) is 7.53. The van der Waals surface area contributed by atoms with Gasteiger partial charge in [0.15, 0.2) is 11.0 Å². The quantitative estimate of drug-likeness (QED) is 0.559. The van der Waals surface area contributed by atoms with E-state index in [-0.39, 0.29) is 17.2 Å². The summed E-state index contributed by atoms with van der Waals surface area (Å²) in [6, 6.07) is 12.5. The summed E-state index contributed by atoms with van der Waals surface area (Å²) in [6.45, 7) is 1.01. The molecule has 128 valence electrons. The Morgan fingerprint density at radius 1 is 1.21 bits per heavy atom. The van der Waals surface area contributed by atoms with Crippen LogP contribution < -0.4 is 4.72 Å². The number of rotatable bonds is 5. The molecule has 0 aliphatic carbocycles. The van der Waals surface area contributed by atoms with Crippen LogP contribution in [0.5, 0.6) is 0 Å². The number of aliphatic hydroxyl groups is 1. The number of nitro groups is 1. The second-order valence-corrected chi connectivity index (χ2v) is 5.65. The number of hydrogen-bond donors (Lipinski definition) is 3. The maximum Gasteiger partial charge on any atom is 0.300 e. The number of nitrogens with one attached hydrogen (secondary N) is 1. The summed E-state index contributed by atoms with van der Waals surface area (Å²) in [5.41, 5.74) is 1.09. The first-order chi connectivity index (χ1) is 11.3. The van der Waals surface area contributed by atoms with E-state index < -0.39 is 21.9 Å². The third-order valence-corrected chi connectivity index (χ3v) is 3.77. The van der Waals surface area contributed by atoms with Crippen molar-refractivity contribution in [2.45, 2.75) is 18.4 Å². The lowest BCUT2D eigenvalue weighted by atomic mass is 10.2. The maximum absolute atomic E-state index is 12.1. The van der Waals surface area contributed by atoms with Crippen molar-refractivity contribution in [1.29, 1.82) is 0 Å². The lowest BCUT2D eigenvalue weighted by molar-refractivity contribution is -0.387. The van der Waals surface area contributed by atoms with Gasteiger partial charge in [0.2, 0.25) is 0 Å². The Morgan fingerprint density at radius 2 is 1.75 bits per heavy atom. The Balaban J connectivity index is 0.000000648. The van der Waals surface area contributed by atoms with E-state index in [1.165, 1.54) is 18.2 Å². The highest BCUT2D eigenvalue weighted by Gasteiger charge is 2.18. The molecule has 0 bridgehead atoms. The minimum absolute atomic E-state index is 0.0759. The summed E-state index contributed by atoms with van der Waals surface area (Å²) in [4.78, 5) is 19.4. The molecule has 0 aliphatic rings. The number of carbonyl (C=O) groups is 1. The lowest BCUT2D eigenvalue weighted by Gasteiger charge is -2.07. The molecule has 1 atom stereocenters. The topological polar surface area (TPSA) is 130 Å². The van der Waals surface area contributed by atoms with Gasteiger partial charge in [-0.15, -0.1) is 0 Å². The fourth-order valence-electron chi connectivity index (χ4n) is 1.60. The molecule has 0 saturated heterocycles. The Morgan fingerprint density at radius 3 is 2.25 bits per heavy atom. The SMILES string of the molecule is CC(=O)O.O=[N+]([O-])c1ccccc1S(=O)Nc1ccc(CO)cc1. The first-order valence-electron chi connectivity index (χ1n) is 6.66. The molecule has 0 aliphatic heterocycles. The van der Waals surface area contributed by atoms with Crippen molar-refractivity contribution in [2.75, 3.05) is 4.72 Å². The van der Waals surface area contributed by atoms with E-state index in [1.54, 1.807) is 30.3 Å². The van der Waals surface area contributed by atoms with Crippen molar-refractivity contribution < 1.29 is 24.1 Å². The van der Waals surface area contributed by atoms with Crippen molar-refractivity contribution >= 4 is 28.3 Å². The van der Waals surface area contributed by atoms with Crippen LogP contribution in [-0.4, -0.2) is 25.3 Å². The van der Waals surface area contributed by atoms with Gasteiger partial charge in [-0.2, -0.15) is 0 Å². The largest absolute Gasteiger partial charge is 0.481 e. The number of nitrogens with zero attached hydrogens (tertiary/aromatic N) is 1. The number of aliphatic hydroxyl groups excluding tert-OH is 1. The molecule has 9 heteroatoms. The summed E-state index contributed by atoms with van der Waals surface area (Å²) in [5, 5.41) is 27.2. The molecular formula is C15H16N2O6S. The van der Waals surface area contributed by atoms with Gasteiger partial charge in [0.05, 0.1) is 11.5 Å². The number of anilines is 1. The Bertz CT molecular complexity index is 729. The normalized spacial score (nSPS) is 10.9. The zero-order valence-corrected chi connectivity index (χ0v) is 13.5. The van der Waals surface area contributed by atoms with E-state index >= 15 is 0 Å². The number of nitro benzene ring substituents is 1. The molecule has 0 radical (unpaired) electrons. The van der Waals surface area contributed by atoms with Crippen LogP contribution in [0.4, 0.5) is 11.4 Å². The van der Waals surface area contributed by atoms with Gasteiger partial charge in [0.25, 0.3) is 11.7 Å². The van der Waals surface area contributed by atoms with Gasteiger partial charge in [-0.25, -0.2) is 4.21 Å². The first kappa shape index (κ1) is 19.3. The van der Waals surface area contributed by atoms with Crippen LogP contribution in [-0.2, 0) is 22.4 Å². The van der Waals surface area contributed by atoms with Crippen molar-refractivity contribution in [3.8, 4) is 0 Å². The molecular weight excluding hydrogens is 336 g/mol. The van der Waals surface area contributed by atoms with E-state index in [4.69, 9.17) is 15.0 Å². The summed E-state index contributed by atoms with van der Waals surface area (Å²) in [5.74, 6) is -0.833. The monoisotopic (exact) mass is 352 g/mol. The van der Waals surface area contributed by atoms with E-state index in [2.05, 4.69) is 4.72 Å². The Labute approximate surface area is 140 Å². The van der Waals surface area contributed by atoms with Gasteiger partial charge in [0.1, 0.15) is 4.90 Å². The minimum Gasteiger partial charge on any atom is -0.481 e. The predicted octanol–water partition coefficient (Wildman–Crippen LogP) is 2.31.